The van der Waals surface area contributed by atoms with Crippen LogP contribution in [0.25, 0.3) is 0 Å². The number of nitrogens with zero attached hydrogens (tertiary/aromatic N) is 2. The van der Waals surface area contributed by atoms with Crippen LogP contribution in [0.5, 0.6) is 0 Å². The summed E-state index contributed by atoms with van der Waals surface area (Å²) in [6.45, 7) is 2.75. The van der Waals surface area contributed by atoms with Gasteiger partial charge in [-0.25, -0.2) is 4.79 Å². The average molecular weight is 424 g/mol. The Hall–Kier alpha value is -2.32. The van der Waals surface area contributed by atoms with Gasteiger partial charge < -0.3 is 21.3 Å². The van der Waals surface area contributed by atoms with E-state index in [1.807, 2.05) is 17.0 Å². The molecule has 1 atom stereocenters. The van der Waals surface area contributed by atoms with Crippen LogP contribution in [0.4, 0.5) is 10.5 Å². The molecule has 4 N–H and O–H groups in total. The molecule has 8 nitrogen and oxygen atoms in total. The lowest BCUT2D eigenvalue weighted by atomic mass is 10.00. The van der Waals surface area contributed by atoms with E-state index in [0.717, 1.165) is 31.4 Å². The lowest BCUT2D eigenvalue weighted by Gasteiger charge is -2.36. The fraction of sp³-hybridized carbons (Fsp3) is 0.550. The van der Waals surface area contributed by atoms with Crippen LogP contribution in [0.2, 0.25) is 0 Å². The van der Waals surface area contributed by atoms with Crippen molar-refractivity contribution in [2.45, 2.75) is 38.1 Å². The minimum Gasteiger partial charge on any atom is -0.354 e. The summed E-state index contributed by atoms with van der Waals surface area (Å²) in [6, 6.07) is 7.08. The number of halogens is 1. The fourth-order valence-electron chi connectivity index (χ4n) is 3.78. The number of hydrogen-bond acceptors (Lipinski definition) is 4. The molecule has 29 heavy (non-hydrogen) atoms. The summed E-state index contributed by atoms with van der Waals surface area (Å²) < 4.78 is 0. The Kier molecular flexibility index (Phi) is 8.72. The van der Waals surface area contributed by atoms with Gasteiger partial charge in [0.25, 0.3) is 5.91 Å². The summed E-state index contributed by atoms with van der Waals surface area (Å²) in [6.07, 6.45) is 4.02. The molecule has 2 aliphatic rings. The maximum atomic E-state index is 13.2. The van der Waals surface area contributed by atoms with Crippen LogP contribution in [0.3, 0.4) is 0 Å². The van der Waals surface area contributed by atoms with Gasteiger partial charge in [-0.3, -0.25) is 14.5 Å². The van der Waals surface area contributed by atoms with Crippen molar-refractivity contribution in [3.05, 3.63) is 29.8 Å². The normalized spacial score (nSPS) is 19.2. The van der Waals surface area contributed by atoms with Gasteiger partial charge in [-0.15, -0.1) is 12.4 Å². The molecular formula is C20H30ClN5O3. The molecule has 1 unspecified atom stereocenters. The highest BCUT2D eigenvalue weighted by atomic mass is 35.5. The van der Waals surface area contributed by atoms with Gasteiger partial charge in [-0.05, 0) is 43.9 Å². The van der Waals surface area contributed by atoms with Gasteiger partial charge in [0.2, 0.25) is 5.91 Å². The van der Waals surface area contributed by atoms with Crippen LogP contribution in [0, 0.1) is 0 Å². The monoisotopic (exact) mass is 423 g/mol. The number of carbonyl (C=O) groups is 3. The quantitative estimate of drug-likeness (QED) is 0.644. The number of piperidine rings is 1. The smallest absolute Gasteiger partial charge is 0.321 e. The molecule has 0 aromatic heterocycles. The Morgan fingerprint density at radius 3 is 2.79 bits per heavy atom. The Morgan fingerprint density at radius 2 is 2.03 bits per heavy atom. The van der Waals surface area contributed by atoms with Gasteiger partial charge in [0.15, 0.2) is 0 Å². The Morgan fingerprint density at radius 1 is 1.21 bits per heavy atom. The minimum absolute atomic E-state index is 0. The van der Waals surface area contributed by atoms with Crippen LogP contribution in [-0.2, 0) is 4.79 Å². The van der Waals surface area contributed by atoms with E-state index in [4.69, 9.17) is 5.73 Å². The predicted molar refractivity (Wildman–Crippen MR) is 114 cm³/mol. The second kappa shape index (κ2) is 11.0. The first-order chi connectivity index (χ1) is 13.6. The van der Waals surface area contributed by atoms with Crippen LogP contribution < -0.4 is 21.3 Å². The molecule has 2 heterocycles. The molecule has 1 aromatic rings. The number of hydrogen-bond donors (Lipinski definition) is 3. The molecule has 1 aromatic carbocycles. The van der Waals surface area contributed by atoms with E-state index in [2.05, 4.69) is 10.6 Å². The van der Waals surface area contributed by atoms with Crippen molar-refractivity contribution in [1.29, 1.82) is 0 Å². The summed E-state index contributed by atoms with van der Waals surface area (Å²) in [5.74, 6) is -0.143. The molecule has 2 aliphatic heterocycles. The zero-order chi connectivity index (χ0) is 19.9. The summed E-state index contributed by atoms with van der Waals surface area (Å²) in [5, 5.41) is 5.71. The zero-order valence-corrected chi connectivity index (χ0v) is 17.4. The number of benzene rings is 1. The summed E-state index contributed by atoms with van der Waals surface area (Å²) >= 11 is 0. The van der Waals surface area contributed by atoms with Gasteiger partial charge in [-0.2, -0.15) is 0 Å². The number of likely N-dealkylation sites (tertiary alicyclic amines) is 1. The van der Waals surface area contributed by atoms with Gasteiger partial charge in [0.05, 0.1) is 0 Å². The van der Waals surface area contributed by atoms with Crippen LogP contribution in [0.15, 0.2) is 24.3 Å². The number of rotatable bonds is 6. The lowest BCUT2D eigenvalue weighted by molar-refractivity contribution is -0.121. The van der Waals surface area contributed by atoms with E-state index < -0.39 is 0 Å². The number of nitrogens with two attached hydrogens (primary N) is 1. The largest absolute Gasteiger partial charge is 0.354 e. The molecular weight excluding hydrogens is 394 g/mol. The van der Waals surface area contributed by atoms with Crippen molar-refractivity contribution in [1.82, 2.24) is 15.5 Å². The summed E-state index contributed by atoms with van der Waals surface area (Å²) in [5.41, 5.74) is 6.71. The lowest BCUT2D eigenvalue weighted by Crippen LogP contribution is -2.49. The van der Waals surface area contributed by atoms with Crippen molar-refractivity contribution in [2.24, 2.45) is 5.73 Å². The van der Waals surface area contributed by atoms with Gasteiger partial charge in [0.1, 0.15) is 0 Å². The van der Waals surface area contributed by atoms with E-state index >= 15 is 0 Å². The molecule has 9 heteroatoms. The highest BCUT2D eigenvalue weighted by molar-refractivity contribution is 5.98. The van der Waals surface area contributed by atoms with Crippen LogP contribution in [-0.4, -0.2) is 61.5 Å². The zero-order valence-electron chi connectivity index (χ0n) is 16.6. The molecule has 0 radical (unpaired) electrons. The third-order valence-corrected chi connectivity index (χ3v) is 5.28. The first kappa shape index (κ1) is 23.0. The molecule has 2 fully saturated rings. The Labute approximate surface area is 177 Å². The van der Waals surface area contributed by atoms with Crippen molar-refractivity contribution in [3.63, 3.8) is 0 Å². The molecule has 0 spiro atoms. The number of nitrogens with one attached hydrogen (secondary N) is 2. The number of anilines is 1. The fourth-order valence-corrected chi connectivity index (χ4v) is 3.78. The molecule has 0 aliphatic carbocycles. The second-order valence-corrected chi connectivity index (χ2v) is 7.28. The SMILES string of the molecule is Cl.NCCC(=O)NCC1CCCCN1C(=O)c1cccc(N2CCCNC2=O)c1. The maximum absolute atomic E-state index is 13.2. The van der Waals surface area contributed by atoms with Gasteiger partial charge >= 0.3 is 6.03 Å². The van der Waals surface area contributed by atoms with E-state index in [1.165, 1.54) is 0 Å². The van der Waals surface area contributed by atoms with Crippen LogP contribution >= 0.6 is 12.4 Å². The molecule has 160 valence electrons. The van der Waals surface area contributed by atoms with Gasteiger partial charge in [-0.1, -0.05) is 6.07 Å². The van der Waals surface area contributed by atoms with E-state index in [1.54, 1.807) is 17.0 Å². The van der Waals surface area contributed by atoms with Crippen molar-refractivity contribution in [3.8, 4) is 0 Å². The third kappa shape index (κ3) is 5.83. The second-order valence-electron chi connectivity index (χ2n) is 7.28. The van der Waals surface area contributed by atoms with Crippen LogP contribution in [0.1, 0.15) is 42.5 Å². The predicted octanol–water partition coefficient (Wildman–Crippen LogP) is 1.49. The number of carbonyl (C=O) groups excluding carboxylic acids is 3. The standard InChI is InChI=1S/C20H29N5O3.ClH/c21-9-8-18(26)23-14-17-6-1-2-11-24(17)19(27)15-5-3-7-16(13-15)25-12-4-10-22-20(25)28;/h3,5,7,13,17H,1-2,4,6,8-12,14,21H2,(H,22,28)(H,23,26);1H. The van der Waals surface area contributed by atoms with E-state index in [9.17, 15) is 14.4 Å². The van der Waals surface area contributed by atoms with Crippen molar-refractivity contribution in [2.75, 3.05) is 37.6 Å². The van der Waals surface area contributed by atoms with Crippen molar-refractivity contribution >= 4 is 35.9 Å². The molecule has 3 rings (SSSR count). The molecule has 0 saturated carbocycles. The molecule has 2 saturated heterocycles. The Balaban J connectivity index is 0.00000300. The number of urea groups is 1. The van der Waals surface area contributed by atoms with E-state index in [0.29, 0.717) is 44.7 Å². The Bertz CT molecular complexity index is 730. The highest BCUT2D eigenvalue weighted by Crippen LogP contribution is 2.23. The highest BCUT2D eigenvalue weighted by Gasteiger charge is 2.28. The average Bonchev–Trinajstić information content (AvgIpc) is 2.72. The topological polar surface area (TPSA) is 108 Å². The van der Waals surface area contributed by atoms with Gasteiger partial charge in [0, 0.05) is 56.4 Å². The first-order valence-corrected chi connectivity index (χ1v) is 10.0. The molecule has 0 bridgehead atoms. The summed E-state index contributed by atoms with van der Waals surface area (Å²) in [7, 11) is 0. The number of amides is 4. The third-order valence-electron chi connectivity index (χ3n) is 5.28. The van der Waals surface area contributed by atoms with E-state index in [-0.39, 0.29) is 36.3 Å². The summed E-state index contributed by atoms with van der Waals surface area (Å²) in [4.78, 5) is 40.5. The maximum Gasteiger partial charge on any atom is 0.321 e. The first-order valence-electron chi connectivity index (χ1n) is 10.0. The van der Waals surface area contributed by atoms with Crippen molar-refractivity contribution < 1.29 is 14.4 Å². The minimum atomic E-state index is -0.130. The molecule has 4 amide bonds.